The van der Waals surface area contributed by atoms with Gasteiger partial charge in [-0.25, -0.2) is 4.79 Å². The van der Waals surface area contributed by atoms with Gasteiger partial charge in [0, 0.05) is 5.56 Å². The van der Waals surface area contributed by atoms with E-state index < -0.39 is 12.0 Å². The van der Waals surface area contributed by atoms with Gasteiger partial charge in [-0.05, 0) is 43.7 Å². The number of aliphatic carboxylic acids is 1. The third-order valence-electron chi connectivity index (χ3n) is 3.81. The molecule has 3 N–H and O–H groups in total. The number of amides is 1. The summed E-state index contributed by atoms with van der Waals surface area (Å²) in [4.78, 5) is 23.5. The summed E-state index contributed by atoms with van der Waals surface area (Å²) in [5.41, 5.74) is 1.13. The van der Waals surface area contributed by atoms with E-state index in [0.29, 0.717) is 37.0 Å². The second-order valence-electron chi connectivity index (χ2n) is 5.16. The first-order chi connectivity index (χ1) is 10.1. The van der Waals surface area contributed by atoms with Gasteiger partial charge in [0.05, 0.1) is 5.71 Å². The van der Waals surface area contributed by atoms with E-state index in [9.17, 15) is 14.7 Å². The first kappa shape index (κ1) is 15.0. The lowest BCUT2D eigenvalue weighted by atomic mass is 9.83. The summed E-state index contributed by atoms with van der Waals surface area (Å²) in [5, 5.41) is 23.8. The Balaban J connectivity index is 2.03. The predicted octanol–water partition coefficient (Wildman–Crippen LogP) is 1.89. The maximum Gasteiger partial charge on any atom is 0.326 e. The molecule has 0 radical (unpaired) electrons. The molecule has 1 aliphatic carbocycles. The zero-order valence-corrected chi connectivity index (χ0v) is 11.5. The van der Waals surface area contributed by atoms with E-state index >= 15 is 0 Å². The molecular formula is C15H18N2O4. The standard InChI is InChI=1S/C15H18N2O4/c18-14(11-4-2-1-3-5-11)16-13(15(19)20)10-6-8-12(17-21)9-7-10/h1-5,10,13,21H,6-9H2,(H,16,18)(H,19,20)/t10?,13-/m0/s1. The highest BCUT2D eigenvalue weighted by atomic mass is 16.4. The number of rotatable bonds is 4. The number of carbonyl (C=O) groups is 2. The van der Waals surface area contributed by atoms with Crippen LogP contribution in [0.1, 0.15) is 36.0 Å². The third-order valence-corrected chi connectivity index (χ3v) is 3.81. The largest absolute Gasteiger partial charge is 0.480 e. The highest BCUT2D eigenvalue weighted by Crippen LogP contribution is 2.25. The molecular weight excluding hydrogens is 272 g/mol. The normalized spacial score (nSPS) is 19.6. The molecule has 1 atom stereocenters. The monoisotopic (exact) mass is 290 g/mol. The number of carbonyl (C=O) groups excluding carboxylic acids is 1. The van der Waals surface area contributed by atoms with Gasteiger partial charge in [0.25, 0.3) is 5.91 Å². The fraction of sp³-hybridized carbons (Fsp3) is 0.400. The molecule has 0 saturated heterocycles. The molecule has 0 unspecified atom stereocenters. The van der Waals surface area contributed by atoms with E-state index in [0.717, 1.165) is 0 Å². The smallest absolute Gasteiger partial charge is 0.326 e. The molecule has 0 spiro atoms. The average molecular weight is 290 g/mol. The van der Waals surface area contributed by atoms with Crippen molar-refractivity contribution in [1.29, 1.82) is 0 Å². The summed E-state index contributed by atoms with van der Waals surface area (Å²) in [6.45, 7) is 0. The number of carboxylic acid groups (broad SMARTS) is 1. The topological polar surface area (TPSA) is 99.0 Å². The lowest BCUT2D eigenvalue weighted by Gasteiger charge is -2.28. The van der Waals surface area contributed by atoms with Crippen molar-refractivity contribution >= 4 is 17.6 Å². The van der Waals surface area contributed by atoms with Crippen LogP contribution in [0.15, 0.2) is 35.5 Å². The SMILES string of the molecule is O=C(N[C@H](C(=O)O)C1CCC(=NO)CC1)c1ccccc1. The Morgan fingerprint density at radius 2 is 1.81 bits per heavy atom. The van der Waals surface area contributed by atoms with Gasteiger partial charge in [0.15, 0.2) is 0 Å². The molecule has 1 aromatic rings. The quantitative estimate of drug-likeness (QED) is 0.582. The van der Waals surface area contributed by atoms with Gasteiger partial charge in [0.2, 0.25) is 0 Å². The van der Waals surface area contributed by atoms with Gasteiger partial charge in [-0.3, -0.25) is 4.79 Å². The van der Waals surface area contributed by atoms with Crippen molar-refractivity contribution < 1.29 is 19.9 Å². The molecule has 2 rings (SSSR count). The minimum absolute atomic E-state index is 0.152. The lowest BCUT2D eigenvalue weighted by molar-refractivity contribution is -0.140. The Morgan fingerprint density at radius 1 is 1.19 bits per heavy atom. The van der Waals surface area contributed by atoms with Crippen molar-refractivity contribution in [3.8, 4) is 0 Å². The van der Waals surface area contributed by atoms with E-state index in [1.54, 1.807) is 30.3 Å². The Labute approximate surface area is 122 Å². The van der Waals surface area contributed by atoms with Gasteiger partial charge < -0.3 is 15.6 Å². The van der Waals surface area contributed by atoms with Crippen LogP contribution >= 0.6 is 0 Å². The minimum atomic E-state index is -1.03. The molecule has 112 valence electrons. The van der Waals surface area contributed by atoms with Crippen molar-refractivity contribution in [3.63, 3.8) is 0 Å². The molecule has 1 fully saturated rings. The van der Waals surface area contributed by atoms with E-state index in [-0.39, 0.29) is 11.8 Å². The molecule has 0 bridgehead atoms. The maximum absolute atomic E-state index is 12.1. The van der Waals surface area contributed by atoms with Gasteiger partial charge in [-0.1, -0.05) is 23.4 Å². The van der Waals surface area contributed by atoms with Gasteiger partial charge in [0.1, 0.15) is 6.04 Å². The van der Waals surface area contributed by atoms with Crippen LogP contribution in [0.25, 0.3) is 0 Å². The van der Waals surface area contributed by atoms with E-state index in [2.05, 4.69) is 10.5 Å². The van der Waals surface area contributed by atoms with Gasteiger partial charge >= 0.3 is 5.97 Å². The number of hydrogen-bond acceptors (Lipinski definition) is 4. The lowest BCUT2D eigenvalue weighted by Crippen LogP contribution is -2.47. The summed E-state index contributed by atoms with van der Waals surface area (Å²) >= 11 is 0. The van der Waals surface area contributed by atoms with E-state index in [1.807, 2.05) is 0 Å². The molecule has 1 amide bonds. The highest BCUT2D eigenvalue weighted by molar-refractivity contribution is 5.96. The zero-order chi connectivity index (χ0) is 15.2. The van der Waals surface area contributed by atoms with Crippen LogP contribution < -0.4 is 5.32 Å². The fourth-order valence-corrected chi connectivity index (χ4v) is 2.60. The summed E-state index contributed by atoms with van der Waals surface area (Å²) in [5.74, 6) is -1.57. The zero-order valence-electron chi connectivity index (χ0n) is 11.5. The van der Waals surface area contributed by atoms with Gasteiger partial charge in [-0.2, -0.15) is 0 Å². The van der Waals surface area contributed by atoms with Crippen LogP contribution in [0.4, 0.5) is 0 Å². The second-order valence-corrected chi connectivity index (χ2v) is 5.16. The van der Waals surface area contributed by atoms with Crippen molar-refractivity contribution in [1.82, 2.24) is 5.32 Å². The van der Waals surface area contributed by atoms with Crippen molar-refractivity contribution in [2.24, 2.45) is 11.1 Å². The van der Waals surface area contributed by atoms with Crippen molar-refractivity contribution in [2.45, 2.75) is 31.7 Å². The molecule has 21 heavy (non-hydrogen) atoms. The molecule has 0 heterocycles. The van der Waals surface area contributed by atoms with Crippen LogP contribution in [-0.4, -0.2) is 33.9 Å². The highest BCUT2D eigenvalue weighted by Gasteiger charge is 2.32. The number of benzene rings is 1. The summed E-state index contributed by atoms with van der Waals surface area (Å²) < 4.78 is 0. The first-order valence-electron chi connectivity index (χ1n) is 6.90. The molecule has 0 aromatic heterocycles. The Morgan fingerprint density at radius 3 is 2.33 bits per heavy atom. The van der Waals surface area contributed by atoms with Crippen LogP contribution in [0.5, 0.6) is 0 Å². The molecule has 0 aliphatic heterocycles. The first-order valence-corrected chi connectivity index (χ1v) is 6.90. The fourth-order valence-electron chi connectivity index (χ4n) is 2.60. The van der Waals surface area contributed by atoms with Crippen LogP contribution in [0.2, 0.25) is 0 Å². The molecule has 1 aromatic carbocycles. The predicted molar refractivity (Wildman–Crippen MR) is 76.5 cm³/mol. The van der Waals surface area contributed by atoms with Crippen LogP contribution in [0.3, 0.4) is 0 Å². The van der Waals surface area contributed by atoms with Crippen molar-refractivity contribution in [3.05, 3.63) is 35.9 Å². The molecule has 1 saturated carbocycles. The number of hydrogen-bond donors (Lipinski definition) is 3. The Kier molecular flexibility index (Phi) is 4.92. The van der Waals surface area contributed by atoms with Crippen LogP contribution in [0, 0.1) is 5.92 Å². The molecule has 6 heteroatoms. The van der Waals surface area contributed by atoms with E-state index in [4.69, 9.17) is 5.21 Å². The number of nitrogens with one attached hydrogen (secondary N) is 1. The average Bonchev–Trinajstić information content (AvgIpc) is 2.53. The van der Waals surface area contributed by atoms with E-state index in [1.165, 1.54) is 0 Å². The number of nitrogens with zero attached hydrogens (tertiary/aromatic N) is 1. The summed E-state index contributed by atoms with van der Waals surface area (Å²) in [7, 11) is 0. The number of oxime groups is 1. The summed E-state index contributed by atoms with van der Waals surface area (Å²) in [6, 6.07) is 7.63. The van der Waals surface area contributed by atoms with Crippen LogP contribution in [-0.2, 0) is 4.79 Å². The second kappa shape index (κ2) is 6.88. The Hall–Kier alpha value is -2.37. The Bertz CT molecular complexity index is 532. The van der Waals surface area contributed by atoms with Crippen molar-refractivity contribution in [2.75, 3.05) is 0 Å². The minimum Gasteiger partial charge on any atom is -0.480 e. The maximum atomic E-state index is 12.1. The molecule has 6 nitrogen and oxygen atoms in total. The summed E-state index contributed by atoms with van der Waals surface area (Å²) in [6.07, 6.45) is 2.30. The number of carboxylic acids is 1. The third kappa shape index (κ3) is 3.81. The molecule has 1 aliphatic rings. The van der Waals surface area contributed by atoms with Gasteiger partial charge in [-0.15, -0.1) is 0 Å².